The third-order valence-electron chi connectivity index (χ3n) is 4.73. The summed E-state index contributed by atoms with van der Waals surface area (Å²) in [5, 5.41) is 3.78. The normalized spacial score (nSPS) is 11.1. The third-order valence-corrected chi connectivity index (χ3v) is 5.88. The van der Waals surface area contributed by atoms with Crippen molar-refractivity contribution >= 4 is 28.8 Å². The fraction of sp³-hybridized carbons (Fsp3) is 0.0833. The Morgan fingerprint density at radius 2 is 1.64 bits per heavy atom. The summed E-state index contributed by atoms with van der Waals surface area (Å²) in [5.74, 6) is -1.08. The number of alkyl halides is 3. The van der Waals surface area contributed by atoms with Crippen LogP contribution in [0.15, 0.2) is 66.9 Å². The molecule has 0 aliphatic rings. The van der Waals surface area contributed by atoms with Crippen LogP contribution in [0.25, 0.3) is 10.4 Å². The first-order valence-corrected chi connectivity index (χ1v) is 11.1. The summed E-state index contributed by atoms with van der Waals surface area (Å²) in [6.07, 6.45) is -3.34. The van der Waals surface area contributed by atoms with Gasteiger partial charge in [0, 0.05) is 25.0 Å². The molecule has 0 atom stereocenters. The van der Waals surface area contributed by atoms with Crippen molar-refractivity contribution in [3.63, 3.8) is 0 Å². The lowest BCUT2D eigenvalue weighted by Crippen LogP contribution is -2.18. The van der Waals surface area contributed by atoms with Crippen LogP contribution in [0, 0.1) is 5.82 Å². The van der Waals surface area contributed by atoms with Crippen molar-refractivity contribution in [1.29, 1.82) is 0 Å². The molecule has 2 amide bonds. The molecular formula is C24H16F4N4O3S. The standard InChI is InChI=1S/C24H16F4N4O3S/c1-29-21(33)18-12-17(10-11-30-18)35-16-8-6-15(7-9-16)31-22(34)19-20(13-2-4-14(25)5-3-13)36-23(32-19)24(26,27)28/h2-12H,1H3,(H,29,33)(H,31,34). The van der Waals surface area contributed by atoms with Gasteiger partial charge < -0.3 is 15.4 Å². The predicted octanol–water partition coefficient (Wildman–Crippen LogP) is 5.77. The number of hydrogen-bond acceptors (Lipinski definition) is 6. The van der Waals surface area contributed by atoms with Crippen molar-refractivity contribution in [2.75, 3.05) is 12.4 Å². The first-order chi connectivity index (χ1) is 17.1. The fourth-order valence-corrected chi connectivity index (χ4v) is 3.99. The second-order valence-corrected chi connectivity index (χ2v) is 8.24. The van der Waals surface area contributed by atoms with Crippen LogP contribution in [-0.2, 0) is 6.18 Å². The van der Waals surface area contributed by atoms with Crippen molar-refractivity contribution in [3.8, 4) is 21.9 Å². The number of pyridine rings is 1. The molecule has 7 nitrogen and oxygen atoms in total. The molecule has 0 bridgehead atoms. The molecule has 2 heterocycles. The number of halogens is 4. The maximum Gasteiger partial charge on any atom is 0.443 e. The number of rotatable bonds is 6. The summed E-state index contributed by atoms with van der Waals surface area (Å²) < 4.78 is 58.8. The Kier molecular flexibility index (Phi) is 6.97. The van der Waals surface area contributed by atoms with Crippen LogP contribution in [0.5, 0.6) is 11.5 Å². The minimum absolute atomic E-state index is 0.0376. The molecular weight excluding hydrogens is 500 g/mol. The Labute approximate surface area is 205 Å². The number of amides is 2. The van der Waals surface area contributed by atoms with Crippen molar-refractivity contribution in [1.82, 2.24) is 15.3 Å². The molecule has 0 radical (unpaired) electrons. The van der Waals surface area contributed by atoms with Crippen molar-refractivity contribution in [3.05, 3.63) is 89.1 Å². The Morgan fingerprint density at radius 1 is 0.944 bits per heavy atom. The summed E-state index contributed by atoms with van der Waals surface area (Å²) in [7, 11) is 1.47. The molecule has 184 valence electrons. The van der Waals surface area contributed by atoms with Gasteiger partial charge in [-0.2, -0.15) is 13.2 Å². The number of nitrogens with zero attached hydrogens (tertiary/aromatic N) is 2. The number of ether oxygens (including phenoxy) is 1. The predicted molar refractivity (Wildman–Crippen MR) is 125 cm³/mol. The van der Waals surface area contributed by atoms with Crippen molar-refractivity contribution < 1.29 is 31.9 Å². The van der Waals surface area contributed by atoms with Gasteiger partial charge in [0.1, 0.15) is 28.7 Å². The second kappa shape index (κ2) is 10.1. The number of thiazole rings is 1. The average Bonchev–Trinajstić information content (AvgIpc) is 3.32. The lowest BCUT2D eigenvalue weighted by atomic mass is 10.1. The number of benzene rings is 2. The van der Waals surface area contributed by atoms with Gasteiger partial charge in [-0.1, -0.05) is 12.1 Å². The Hall–Kier alpha value is -4.32. The van der Waals surface area contributed by atoms with Gasteiger partial charge >= 0.3 is 6.18 Å². The molecule has 12 heteroatoms. The Morgan fingerprint density at radius 3 is 2.28 bits per heavy atom. The largest absolute Gasteiger partial charge is 0.457 e. The Balaban J connectivity index is 1.53. The Bertz CT molecular complexity index is 1400. The molecule has 0 aliphatic heterocycles. The quantitative estimate of drug-likeness (QED) is 0.318. The van der Waals surface area contributed by atoms with Gasteiger partial charge in [0.25, 0.3) is 11.8 Å². The SMILES string of the molecule is CNC(=O)c1cc(Oc2ccc(NC(=O)c3nc(C(F)(F)F)sc3-c3ccc(F)cc3)cc2)ccn1. The maximum atomic E-state index is 13.3. The topological polar surface area (TPSA) is 93.2 Å². The number of carbonyl (C=O) groups is 2. The smallest absolute Gasteiger partial charge is 0.443 e. The molecule has 0 fully saturated rings. The van der Waals surface area contributed by atoms with Crippen molar-refractivity contribution in [2.24, 2.45) is 0 Å². The van der Waals surface area contributed by atoms with E-state index in [2.05, 4.69) is 20.6 Å². The van der Waals surface area contributed by atoms with Gasteiger partial charge in [-0.15, -0.1) is 11.3 Å². The van der Waals surface area contributed by atoms with E-state index in [0.717, 1.165) is 12.1 Å². The van der Waals surface area contributed by atoms with Gasteiger partial charge in [-0.05, 0) is 48.0 Å². The number of nitrogens with one attached hydrogen (secondary N) is 2. The van der Waals surface area contributed by atoms with E-state index in [4.69, 9.17) is 4.74 Å². The van der Waals surface area contributed by atoms with Crippen LogP contribution in [0.3, 0.4) is 0 Å². The number of carbonyl (C=O) groups excluding carboxylic acids is 2. The monoisotopic (exact) mass is 516 g/mol. The molecule has 0 spiro atoms. The zero-order valence-corrected chi connectivity index (χ0v) is 19.2. The molecule has 4 rings (SSSR count). The summed E-state index contributed by atoms with van der Waals surface area (Å²) in [4.78, 5) is 32.0. The molecule has 2 aromatic heterocycles. The summed E-state index contributed by atoms with van der Waals surface area (Å²) in [6, 6.07) is 13.8. The summed E-state index contributed by atoms with van der Waals surface area (Å²) in [6.45, 7) is 0. The molecule has 0 saturated carbocycles. The highest BCUT2D eigenvalue weighted by atomic mass is 32.1. The first-order valence-electron chi connectivity index (χ1n) is 10.3. The van der Waals surface area contributed by atoms with E-state index >= 15 is 0 Å². The van der Waals surface area contributed by atoms with E-state index in [1.54, 1.807) is 6.07 Å². The summed E-state index contributed by atoms with van der Waals surface area (Å²) in [5.41, 5.74) is 0.238. The fourth-order valence-electron chi connectivity index (χ4n) is 3.05. The second-order valence-electron chi connectivity index (χ2n) is 7.24. The zero-order valence-electron chi connectivity index (χ0n) is 18.4. The molecule has 0 saturated heterocycles. The van der Waals surface area contributed by atoms with Crippen LogP contribution >= 0.6 is 11.3 Å². The van der Waals surface area contributed by atoms with Gasteiger partial charge in [0.05, 0.1) is 4.88 Å². The third kappa shape index (κ3) is 5.66. The highest BCUT2D eigenvalue weighted by molar-refractivity contribution is 7.15. The van der Waals surface area contributed by atoms with Gasteiger partial charge in [0.15, 0.2) is 5.01 Å². The molecule has 36 heavy (non-hydrogen) atoms. The van der Waals surface area contributed by atoms with E-state index < -0.39 is 28.6 Å². The molecule has 0 aliphatic carbocycles. The van der Waals surface area contributed by atoms with E-state index in [0.29, 0.717) is 22.8 Å². The van der Waals surface area contributed by atoms with E-state index in [-0.39, 0.29) is 27.7 Å². The van der Waals surface area contributed by atoms with Crippen LogP contribution in [0.4, 0.5) is 23.2 Å². The first kappa shape index (κ1) is 24.8. The van der Waals surface area contributed by atoms with Crippen molar-refractivity contribution in [2.45, 2.75) is 6.18 Å². The highest BCUT2D eigenvalue weighted by Gasteiger charge is 2.37. The van der Waals surface area contributed by atoms with Gasteiger partial charge in [-0.25, -0.2) is 9.37 Å². The van der Waals surface area contributed by atoms with Crippen LogP contribution in [0.1, 0.15) is 26.0 Å². The highest BCUT2D eigenvalue weighted by Crippen LogP contribution is 2.39. The minimum Gasteiger partial charge on any atom is -0.457 e. The molecule has 2 aromatic carbocycles. The molecule has 0 unspecified atom stereocenters. The number of aromatic nitrogens is 2. The lowest BCUT2D eigenvalue weighted by molar-refractivity contribution is -0.137. The molecule has 2 N–H and O–H groups in total. The van der Waals surface area contributed by atoms with Crippen LogP contribution in [0.2, 0.25) is 0 Å². The summed E-state index contributed by atoms with van der Waals surface area (Å²) >= 11 is 0.300. The lowest BCUT2D eigenvalue weighted by Gasteiger charge is -2.09. The van der Waals surface area contributed by atoms with E-state index in [1.165, 1.54) is 55.7 Å². The van der Waals surface area contributed by atoms with E-state index in [9.17, 15) is 27.2 Å². The minimum atomic E-state index is -4.75. The molecule has 4 aromatic rings. The van der Waals surface area contributed by atoms with E-state index in [1.807, 2.05) is 0 Å². The zero-order chi connectivity index (χ0) is 25.9. The average molecular weight is 516 g/mol. The van der Waals surface area contributed by atoms with Gasteiger partial charge in [-0.3, -0.25) is 14.6 Å². The van der Waals surface area contributed by atoms with Gasteiger partial charge in [0.2, 0.25) is 0 Å². The van der Waals surface area contributed by atoms with Crippen LogP contribution in [-0.4, -0.2) is 28.8 Å². The number of anilines is 1. The van der Waals surface area contributed by atoms with Crippen LogP contribution < -0.4 is 15.4 Å². The maximum absolute atomic E-state index is 13.3. The number of hydrogen-bond donors (Lipinski definition) is 2.